The van der Waals surface area contributed by atoms with Crippen LogP contribution in [0.15, 0.2) is 73.1 Å². The first-order valence-electron chi connectivity index (χ1n) is 9.58. The zero-order chi connectivity index (χ0) is 19.8. The number of anilines is 1. The predicted octanol–water partition coefficient (Wildman–Crippen LogP) is 4.88. The molecule has 0 spiro atoms. The summed E-state index contributed by atoms with van der Waals surface area (Å²) in [7, 11) is 1.96. The summed E-state index contributed by atoms with van der Waals surface area (Å²) >= 11 is 1.47. The van der Waals surface area contributed by atoms with E-state index in [9.17, 15) is 4.79 Å². The van der Waals surface area contributed by atoms with Crippen LogP contribution in [0.25, 0.3) is 22.0 Å². The van der Waals surface area contributed by atoms with Gasteiger partial charge in [0.05, 0.1) is 16.0 Å². The molecule has 1 amide bonds. The van der Waals surface area contributed by atoms with Crippen LogP contribution in [0.2, 0.25) is 0 Å². The molecule has 0 saturated heterocycles. The normalized spacial score (nSPS) is 14.5. The summed E-state index contributed by atoms with van der Waals surface area (Å²) in [5.41, 5.74) is 2.49. The topological polar surface area (TPSA) is 59.8 Å². The first-order valence-corrected chi connectivity index (χ1v) is 10.4. The van der Waals surface area contributed by atoms with Crippen molar-refractivity contribution < 1.29 is 4.79 Å². The van der Waals surface area contributed by atoms with Gasteiger partial charge in [-0.25, -0.2) is 9.97 Å². The third-order valence-corrected chi connectivity index (χ3v) is 6.40. The smallest absolute Gasteiger partial charge is 0.236 e. The first-order chi connectivity index (χ1) is 14.2. The van der Waals surface area contributed by atoms with Gasteiger partial charge in [0.25, 0.3) is 0 Å². The monoisotopic (exact) mass is 400 g/mol. The number of nitrogens with one attached hydrogen (secondary N) is 1. The highest BCUT2D eigenvalue weighted by molar-refractivity contribution is 7.19. The van der Waals surface area contributed by atoms with Crippen LogP contribution in [-0.4, -0.2) is 20.4 Å². The molecule has 5 rings (SSSR count). The molecule has 1 aliphatic carbocycles. The van der Waals surface area contributed by atoms with E-state index in [1.54, 1.807) is 6.20 Å². The van der Waals surface area contributed by atoms with E-state index in [-0.39, 0.29) is 5.91 Å². The Morgan fingerprint density at radius 3 is 2.38 bits per heavy atom. The minimum atomic E-state index is -0.427. The third-order valence-electron chi connectivity index (χ3n) is 5.43. The van der Waals surface area contributed by atoms with Gasteiger partial charge in [0.15, 0.2) is 11.0 Å². The second-order valence-electron chi connectivity index (χ2n) is 7.33. The van der Waals surface area contributed by atoms with Gasteiger partial charge in [-0.05, 0) is 18.4 Å². The second kappa shape index (κ2) is 6.97. The molecule has 2 aromatic carbocycles. The van der Waals surface area contributed by atoms with Crippen LogP contribution in [0, 0.1) is 0 Å². The van der Waals surface area contributed by atoms with Gasteiger partial charge in [0, 0.05) is 25.0 Å². The van der Waals surface area contributed by atoms with Crippen molar-refractivity contribution >= 4 is 22.4 Å². The Morgan fingerprint density at radius 1 is 1.07 bits per heavy atom. The fourth-order valence-electron chi connectivity index (χ4n) is 3.65. The number of rotatable bonds is 5. The molecule has 1 aliphatic rings. The summed E-state index contributed by atoms with van der Waals surface area (Å²) in [6.07, 6.45) is 5.42. The number of benzene rings is 2. The molecule has 144 valence electrons. The fourth-order valence-corrected chi connectivity index (χ4v) is 4.67. The van der Waals surface area contributed by atoms with Crippen LogP contribution in [0.4, 0.5) is 5.13 Å². The number of carbonyl (C=O) groups is 1. The molecule has 0 bridgehead atoms. The quantitative estimate of drug-likeness (QED) is 0.519. The summed E-state index contributed by atoms with van der Waals surface area (Å²) in [6, 6.07) is 20.0. The Labute approximate surface area is 173 Å². The van der Waals surface area contributed by atoms with Crippen LogP contribution in [-0.2, 0) is 17.3 Å². The molecule has 2 heterocycles. The number of hydrogen-bond acceptors (Lipinski definition) is 4. The fraction of sp³-hybridized carbons (Fsp3) is 0.174. The lowest BCUT2D eigenvalue weighted by Gasteiger charge is -2.14. The van der Waals surface area contributed by atoms with Crippen LogP contribution in [0.3, 0.4) is 0 Å². The molecule has 2 aromatic heterocycles. The summed E-state index contributed by atoms with van der Waals surface area (Å²) in [4.78, 5) is 23.4. The first kappa shape index (κ1) is 17.8. The van der Waals surface area contributed by atoms with Gasteiger partial charge in [0.1, 0.15) is 0 Å². The molecule has 5 nitrogen and oxygen atoms in total. The van der Waals surface area contributed by atoms with E-state index < -0.39 is 5.41 Å². The van der Waals surface area contributed by atoms with Crippen molar-refractivity contribution in [3.05, 3.63) is 78.6 Å². The number of aryl methyl sites for hydroxylation is 1. The molecule has 0 unspecified atom stereocenters. The molecule has 4 aromatic rings. The molecule has 0 radical (unpaired) electrons. The maximum Gasteiger partial charge on any atom is 0.236 e. The highest BCUT2D eigenvalue weighted by Crippen LogP contribution is 2.49. The zero-order valence-corrected chi connectivity index (χ0v) is 16.8. The van der Waals surface area contributed by atoms with Gasteiger partial charge in [-0.1, -0.05) is 72.0 Å². The van der Waals surface area contributed by atoms with E-state index >= 15 is 0 Å². The van der Waals surface area contributed by atoms with E-state index in [1.807, 2.05) is 78.5 Å². The zero-order valence-electron chi connectivity index (χ0n) is 16.0. The summed E-state index contributed by atoms with van der Waals surface area (Å²) < 4.78 is 1.97. The van der Waals surface area contributed by atoms with Gasteiger partial charge in [-0.3, -0.25) is 4.79 Å². The summed E-state index contributed by atoms with van der Waals surface area (Å²) in [5.74, 6) is 0.856. The number of thiazole rings is 1. The van der Waals surface area contributed by atoms with E-state index in [4.69, 9.17) is 4.98 Å². The van der Waals surface area contributed by atoms with Crippen LogP contribution >= 0.6 is 11.3 Å². The summed E-state index contributed by atoms with van der Waals surface area (Å²) in [5, 5.41) is 3.69. The van der Waals surface area contributed by atoms with Crippen molar-refractivity contribution in [2.24, 2.45) is 7.05 Å². The van der Waals surface area contributed by atoms with E-state index in [0.717, 1.165) is 40.4 Å². The Morgan fingerprint density at radius 2 is 1.76 bits per heavy atom. The van der Waals surface area contributed by atoms with Crippen molar-refractivity contribution in [1.82, 2.24) is 14.5 Å². The minimum absolute atomic E-state index is 0.0171. The van der Waals surface area contributed by atoms with Crippen molar-refractivity contribution in [3.8, 4) is 22.0 Å². The number of imidazole rings is 1. The lowest BCUT2D eigenvalue weighted by Crippen LogP contribution is -2.27. The third kappa shape index (κ3) is 3.15. The minimum Gasteiger partial charge on any atom is -0.333 e. The molecule has 1 N–H and O–H groups in total. The Kier molecular flexibility index (Phi) is 4.28. The van der Waals surface area contributed by atoms with Crippen LogP contribution in [0.1, 0.15) is 18.4 Å². The van der Waals surface area contributed by atoms with Crippen molar-refractivity contribution in [2.45, 2.75) is 18.3 Å². The number of amides is 1. The highest BCUT2D eigenvalue weighted by atomic mass is 32.1. The van der Waals surface area contributed by atoms with Gasteiger partial charge in [0.2, 0.25) is 5.91 Å². The molecule has 1 saturated carbocycles. The molecule has 1 fully saturated rings. The van der Waals surface area contributed by atoms with E-state index in [1.165, 1.54) is 11.3 Å². The molecule has 0 aliphatic heterocycles. The maximum absolute atomic E-state index is 13.1. The number of aromatic nitrogens is 3. The van der Waals surface area contributed by atoms with Gasteiger partial charge in [-0.2, -0.15) is 0 Å². The predicted molar refractivity (Wildman–Crippen MR) is 116 cm³/mol. The lowest BCUT2D eigenvalue weighted by molar-refractivity contribution is -0.118. The van der Waals surface area contributed by atoms with E-state index in [2.05, 4.69) is 10.3 Å². The van der Waals surface area contributed by atoms with Gasteiger partial charge < -0.3 is 9.88 Å². The van der Waals surface area contributed by atoms with Crippen LogP contribution in [0.5, 0.6) is 0 Å². The van der Waals surface area contributed by atoms with Crippen molar-refractivity contribution in [2.75, 3.05) is 5.32 Å². The van der Waals surface area contributed by atoms with Crippen molar-refractivity contribution in [3.63, 3.8) is 0 Å². The van der Waals surface area contributed by atoms with Crippen LogP contribution < -0.4 is 5.32 Å². The Balaban J connectivity index is 1.51. The lowest BCUT2D eigenvalue weighted by atomic mass is 9.95. The largest absolute Gasteiger partial charge is 0.333 e. The number of hydrogen-bond donors (Lipinski definition) is 1. The SMILES string of the molecule is Cn1ccnc1-c1sc(NC(=O)C2(c3ccccc3)CC2)nc1-c1ccccc1. The molecule has 6 heteroatoms. The standard InChI is InChI=1S/C23H20N4OS/c1-27-15-14-24-20(27)19-18(16-8-4-2-5-9-16)25-22(29-19)26-21(28)23(12-13-23)17-10-6-3-7-11-17/h2-11,14-15H,12-13H2,1H3,(H,25,26,28). The molecule has 0 atom stereocenters. The highest BCUT2D eigenvalue weighted by Gasteiger charge is 2.51. The number of nitrogens with zero attached hydrogens (tertiary/aromatic N) is 3. The average Bonchev–Trinajstić information content (AvgIpc) is 3.31. The Hall–Kier alpha value is -3.25. The van der Waals surface area contributed by atoms with Gasteiger partial charge in [-0.15, -0.1) is 0 Å². The summed E-state index contributed by atoms with van der Waals surface area (Å²) in [6.45, 7) is 0. The van der Waals surface area contributed by atoms with E-state index in [0.29, 0.717) is 5.13 Å². The van der Waals surface area contributed by atoms with Crippen molar-refractivity contribution in [1.29, 1.82) is 0 Å². The Bertz CT molecular complexity index is 1160. The van der Waals surface area contributed by atoms with Gasteiger partial charge >= 0.3 is 0 Å². The maximum atomic E-state index is 13.1. The molecular weight excluding hydrogens is 380 g/mol. The average molecular weight is 401 g/mol. The molecular formula is C23H20N4OS. The number of carbonyl (C=O) groups excluding carboxylic acids is 1. The second-order valence-corrected chi connectivity index (χ2v) is 8.33. The molecule has 29 heavy (non-hydrogen) atoms.